The van der Waals surface area contributed by atoms with Crippen LogP contribution in [0.15, 0.2) is 35.3 Å². The smallest absolute Gasteiger partial charge is 0.152 e. The molecular formula is C10H8BrFN2O. The lowest BCUT2D eigenvalue weighted by Gasteiger charge is -2.10. The lowest BCUT2D eigenvalue weighted by Crippen LogP contribution is -1.99. The van der Waals surface area contributed by atoms with Gasteiger partial charge in [0, 0.05) is 16.9 Å². The molecule has 0 radical (unpaired) electrons. The van der Waals surface area contributed by atoms with Crippen molar-refractivity contribution in [3.05, 3.63) is 41.1 Å². The molecule has 0 fully saturated rings. The zero-order chi connectivity index (χ0) is 10.8. The van der Waals surface area contributed by atoms with Gasteiger partial charge in [-0.15, -0.1) is 0 Å². The van der Waals surface area contributed by atoms with E-state index < -0.39 is 0 Å². The van der Waals surface area contributed by atoms with Crippen molar-refractivity contribution in [3.8, 4) is 11.4 Å². The zero-order valence-corrected chi connectivity index (χ0v) is 9.53. The van der Waals surface area contributed by atoms with Crippen LogP contribution in [-0.4, -0.2) is 16.7 Å². The van der Waals surface area contributed by atoms with Crippen LogP contribution in [0.25, 0.3) is 5.69 Å². The second kappa shape index (κ2) is 4.02. The molecule has 1 aromatic heterocycles. The van der Waals surface area contributed by atoms with Crippen LogP contribution in [0.1, 0.15) is 0 Å². The Morgan fingerprint density at radius 3 is 2.87 bits per heavy atom. The number of methoxy groups -OCH3 is 1. The Morgan fingerprint density at radius 2 is 2.27 bits per heavy atom. The van der Waals surface area contributed by atoms with E-state index in [2.05, 4.69) is 20.9 Å². The van der Waals surface area contributed by atoms with Gasteiger partial charge in [-0.3, -0.25) is 0 Å². The normalized spacial score (nSPS) is 10.3. The predicted octanol–water partition coefficient (Wildman–Crippen LogP) is 2.78. The average molecular weight is 271 g/mol. The number of benzene rings is 1. The molecule has 0 aliphatic heterocycles. The number of imidazole rings is 1. The van der Waals surface area contributed by atoms with E-state index in [1.807, 2.05) is 0 Å². The molecule has 3 nitrogen and oxygen atoms in total. The number of hydrogen-bond acceptors (Lipinski definition) is 2. The van der Waals surface area contributed by atoms with Gasteiger partial charge in [0.25, 0.3) is 0 Å². The van der Waals surface area contributed by atoms with Gasteiger partial charge < -0.3 is 9.30 Å². The molecule has 0 atom stereocenters. The van der Waals surface area contributed by atoms with Crippen LogP contribution in [0, 0.1) is 5.82 Å². The standard InChI is InChI=1S/C10H8BrFN2O/c1-15-9-5-7(11)4-8(12)10(9)14-3-2-13-6-14/h2-6H,1H3. The topological polar surface area (TPSA) is 27.1 Å². The summed E-state index contributed by atoms with van der Waals surface area (Å²) < 4.78 is 21.0. The number of halogens is 2. The third-order valence-electron chi connectivity index (χ3n) is 1.98. The number of nitrogens with zero attached hydrogens (tertiary/aromatic N) is 2. The quantitative estimate of drug-likeness (QED) is 0.839. The fourth-order valence-corrected chi connectivity index (χ4v) is 1.75. The maximum absolute atomic E-state index is 13.7. The van der Waals surface area contributed by atoms with E-state index in [-0.39, 0.29) is 5.82 Å². The van der Waals surface area contributed by atoms with Crippen LogP contribution in [0.5, 0.6) is 5.75 Å². The summed E-state index contributed by atoms with van der Waals surface area (Å²) in [4.78, 5) is 3.87. The molecular weight excluding hydrogens is 263 g/mol. The Hall–Kier alpha value is -1.36. The molecule has 1 aromatic carbocycles. The number of rotatable bonds is 2. The van der Waals surface area contributed by atoms with Crippen molar-refractivity contribution in [1.82, 2.24) is 9.55 Å². The van der Waals surface area contributed by atoms with Crippen molar-refractivity contribution in [2.75, 3.05) is 7.11 Å². The van der Waals surface area contributed by atoms with Crippen LogP contribution in [0.2, 0.25) is 0 Å². The fourth-order valence-electron chi connectivity index (χ4n) is 1.34. The molecule has 1 heterocycles. The maximum atomic E-state index is 13.7. The van der Waals surface area contributed by atoms with E-state index in [9.17, 15) is 4.39 Å². The van der Waals surface area contributed by atoms with Gasteiger partial charge in [-0.05, 0) is 12.1 Å². The minimum Gasteiger partial charge on any atom is -0.494 e. The van der Waals surface area contributed by atoms with Crippen molar-refractivity contribution in [2.24, 2.45) is 0 Å². The number of hydrogen-bond donors (Lipinski definition) is 0. The average Bonchev–Trinajstić information content (AvgIpc) is 2.69. The molecule has 2 rings (SSSR count). The summed E-state index contributed by atoms with van der Waals surface area (Å²) in [5, 5.41) is 0. The van der Waals surface area contributed by atoms with Gasteiger partial charge in [0.1, 0.15) is 11.4 Å². The molecule has 0 aliphatic rings. The molecule has 2 aromatic rings. The van der Waals surface area contributed by atoms with Crippen molar-refractivity contribution in [2.45, 2.75) is 0 Å². The van der Waals surface area contributed by atoms with Crippen molar-refractivity contribution in [3.63, 3.8) is 0 Å². The lowest BCUT2D eigenvalue weighted by molar-refractivity contribution is 0.408. The van der Waals surface area contributed by atoms with E-state index >= 15 is 0 Å². The minimum absolute atomic E-state index is 0.359. The van der Waals surface area contributed by atoms with Gasteiger partial charge in [0.15, 0.2) is 5.82 Å². The monoisotopic (exact) mass is 270 g/mol. The molecule has 0 N–H and O–H groups in total. The van der Waals surface area contributed by atoms with Crippen LogP contribution >= 0.6 is 15.9 Å². The number of aromatic nitrogens is 2. The van der Waals surface area contributed by atoms with E-state index in [0.29, 0.717) is 15.9 Å². The molecule has 0 aliphatic carbocycles. The molecule has 0 saturated heterocycles. The Balaban J connectivity index is 2.64. The van der Waals surface area contributed by atoms with Crippen molar-refractivity contribution >= 4 is 15.9 Å². The highest BCUT2D eigenvalue weighted by molar-refractivity contribution is 9.10. The first-order chi connectivity index (χ1) is 7.22. The highest BCUT2D eigenvalue weighted by Crippen LogP contribution is 2.29. The van der Waals surface area contributed by atoms with Gasteiger partial charge in [0.2, 0.25) is 0 Å². The zero-order valence-electron chi connectivity index (χ0n) is 7.95. The maximum Gasteiger partial charge on any atom is 0.152 e. The number of ether oxygens (including phenoxy) is 1. The first-order valence-corrected chi connectivity index (χ1v) is 5.03. The second-order valence-electron chi connectivity index (χ2n) is 2.91. The summed E-state index contributed by atoms with van der Waals surface area (Å²) in [6, 6.07) is 3.09. The molecule has 78 valence electrons. The van der Waals surface area contributed by atoms with Gasteiger partial charge in [-0.2, -0.15) is 0 Å². The van der Waals surface area contributed by atoms with Crippen molar-refractivity contribution in [1.29, 1.82) is 0 Å². The largest absolute Gasteiger partial charge is 0.494 e. The van der Waals surface area contributed by atoms with Gasteiger partial charge >= 0.3 is 0 Å². The Kier molecular flexibility index (Phi) is 2.73. The first-order valence-electron chi connectivity index (χ1n) is 4.23. The van der Waals surface area contributed by atoms with Gasteiger partial charge in [-0.1, -0.05) is 15.9 Å². The van der Waals surface area contributed by atoms with Gasteiger partial charge in [0.05, 0.1) is 13.4 Å². The Labute approximate surface area is 94.6 Å². The predicted molar refractivity (Wildman–Crippen MR) is 57.8 cm³/mol. The molecule has 0 amide bonds. The van der Waals surface area contributed by atoms with Crippen LogP contribution in [-0.2, 0) is 0 Å². The van der Waals surface area contributed by atoms with Crippen LogP contribution < -0.4 is 4.74 Å². The van der Waals surface area contributed by atoms with E-state index in [0.717, 1.165) is 0 Å². The third-order valence-corrected chi connectivity index (χ3v) is 2.43. The summed E-state index contributed by atoms with van der Waals surface area (Å²) in [6.45, 7) is 0. The molecule has 0 unspecified atom stereocenters. The van der Waals surface area contributed by atoms with Crippen LogP contribution in [0.3, 0.4) is 0 Å². The molecule has 0 bridgehead atoms. The second-order valence-corrected chi connectivity index (χ2v) is 3.82. The molecule has 0 spiro atoms. The van der Waals surface area contributed by atoms with E-state index in [1.165, 1.54) is 19.5 Å². The summed E-state index contributed by atoms with van der Waals surface area (Å²) in [6.07, 6.45) is 4.77. The summed E-state index contributed by atoms with van der Waals surface area (Å²) in [7, 11) is 1.50. The van der Waals surface area contributed by atoms with E-state index in [1.54, 1.807) is 23.0 Å². The van der Waals surface area contributed by atoms with E-state index in [4.69, 9.17) is 4.74 Å². The molecule has 0 saturated carbocycles. The van der Waals surface area contributed by atoms with Crippen molar-refractivity contribution < 1.29 is 9.13 Å². The third kappa shape index (κ3) is 1.87. The Bertz CT molecular complexity index is 471. The summed E-state index contributed by atoms with van der Waals surface area (Å²) in [5.74, 6) is 0.0964. The van der Waals surface area contributed by atoms with Crippen LogP contribution in [0.4, 0.5) is 4.39 Å². The molecule has 5 heteroatoms. The van der Waals surface area contributed by atoms with Gasteiger partial charge in [-0.25, -0.2) is 9.37 Å². The molecule has 15 heavy (non-hydrogen) atoms. The highest BCUT2D eigenvalue weighted by Gasteiger charge is 2.12. The highest BCUT2D eigenvalue weighted by atomic mass is 79.9. The summed E-state index contributed by atoms with van der Waals surface area (Å²) in [5.41, 5.74) is 0.359. The lowest BCUT2D eigenvalue weighted by atomic mass is 10.2. The summed E-state index contributed by atoms with van der Waals surface area (Å²) >= 11 is 3.21. The first kappa shape index (κ1) is 10.2. The fraction of sp³-hybridized carbons (Fsp3) is 0.100. The Morgan fingerprint density at radius 1 is 1.47 bits per heavy atom. The SMILES string of the molecule is COc1cc(Br)cc(F)c1-n1ccnc1. The minimum atomic E-state index is -0.362.